The normalized spacial score (nSPS) is 16.8. The van der Waals surface area contributed by atoms with Crippen LogP contribution in [0.25, 0.3) is 10.9 Å². The van der Waals surface area contributed by atoms with Gasteiger partial charge in [0.05, 0.1) is 10.9 Å². The van der Waals surface area contributed by atoms with Crippen LogP contribution in [-0.4, -0.2) is 34.6 Å². The van der Waals surface area contributed by atoms with E-state index in [-0.39, 0.29) is 31.3 Å². The molecule has 2 aromatic rings. The average molecular weight is 353 g/mol. The Balaban J connectivity index is 0.00000208. The van der Waals surface area contributed by atoms with Crippen LogP contribution in [0.3, 0.4) is 0 Å². The van der Waals surface area contributed by atoms with E-state index < -0.39 is 11.2 Å². The van der Waals surface area contributed by atoms with Crippen LogP contribution in [0.4, 0.5) is 0 Å². The van der Waals surface area contributed by atoms with Crippen LogP contribution in [-0.2, 0) is 11.3 Å². The highest BCUT2D eigenvalue weighted by atomic mass is 35.5. The van der Waals surface area contributed by atoms with E-state index in [9.17, 15) is 14.4 Å². The molecular formula is C16H21ClN4O3. The zero-order valence-corrected chi connectivity index (χ0v) is 14.0. The number of aryl methyl sites for hydroxylation is 1. The lowest BCUT2D eigenvalue weighted by molar-refractivity contribution is -0.121. The number of benzene rings is 1. The van der Waals surface area contributed by atoms with E-state index in [4.69, 9.17) is 0 Å². The van der Waals surface area contributed by atoms with Gasteiger partial charge in [-0.3, -0.25) is 19.1 Å². The molecule has 1 unspecified atom stereocenters. The van der Waals surface area contributed by atoms with Crippen molar-refractivity contribution < 1.29 is 4.79 Å². The van der Waals surface area contributed by atoms with E-state index in [0.717, 1.165) is 19.4 Å². The molecule has 0 saturated carbocycles. The SMILES string of the molecule is Cl.O=C(CCn1c(=O)[nH]c(=O)c2ccccc21)NCC1CCCN1. The van der Waals surface area contributed by atoms with Gasteiger partial charge in [0.15, 0.2) is 0 Å². The molecular weight excluding hydrogens is 332 g/mol. The van der Waals surface area contributed by atoms with Crippen LogP contribution in [0.2, 0.25) is 0 Å². The third-order valence-corrected chi connectivity index (χ3v) is 4.18. The van der Waals surface area contributed by atoms with E-state index in [1.165, 1.54) is 4.57 Å². The Labute approximate surface area is 144 Å². The van der Waals surface area contributed by atoms with Crippen molar-refractivity contribution in [1.82, 2.24) is 20.2 Å². The van der Waals surface area contributed by atoms with Gasteiger partial charge < -0.3 is 10.6 Å². The molecule has 0 spiro atoms. The van der Waals surface area contributed by atoms with Crippen LogP contribution in [0.1, 0.15) is 19.3 Å². The van der Waals surface area contributed by atoms with Crippen LogP contribution < -0.4 is 21.9 Å². The number of rotatable bonds is 5. The van der Waals surface area contributed by atoms with Gasteiger partial charge in [-0.05, 0) is 31.5 Å². The lowest BCUT2D eigenvalue weighted by Gasteiger charge is -2.12. The molecule has 1 saturated heterocycles. The van der Waals surface area contributed by atoms with Gasteiger partial charge in [-0.25, -0.2) is 4.79 Å². The summed E-state index contributed by atoms with van der Waals surface area (Å²) in [5, 5.41) is 6.65. The summed E-state index contributed by atoms with van der Waals surface area (Å²) in [6.07, 6.45) is 2.41. The molecule has 3 N–H and O–H groups in total. The first kappa shape index (κ1) is 18.2. The molecule has 1 aromatic carbocycles. The number of para-hydroxylation sites is 1. The van der Waals surface area contributed by atoms with E-state index in [1.54, 1.807) is 24.3 Å². The Hall–Kier alpha value is -2.12. The summed E-state index contributed by atoms with van der Waals surface area (Å²) in [7, 11) is 0. The zero-order chi connectivity index (χ0) is 16.2. The van der Waals surface area contributed by atoms with E-state index >= 15 is 0 Å². The molecule has 24 heavy (non-hydrogen) atoms. The molecule has 1 fully saturated rings. The highest BCUT2D eigenvalue weighted by Gasteiger charge is 2.15. The van der Waals surface area contributed by atoms with Crippen molar-refractivity contribution in [2.75, 3.05) is 13.1 Å². The third kappa shape index (κ3) is 4.04. The maximum absolute atomic E-state index is 12.0. The zero-order valence-electron chi connectivity index (χ0n) is 13.2. The van der Waals surface area contributed by atoms with Crippen LogP contribution in [0.15, 0.2) is 33.9 Å². The van der Waals surface area contributed by atoms with Crippen molar-refractivity contribution >= 4 is 29.2 Å². The van der Waals surface area contributed by atoms with Crippen LogP contribution >= 0.6 is 12.4 Å². The number of aromatic amines is 1. The standard InChI is InChI=1S/C16H20N4O3.ClH/c21-14(18-10-11-4-3-8-17-11)7-9-20-13-6-2-1-5-12(13)15(22)19-16(20)23;/h1-2,5-6,11,17H,3-4,7-10H2,(H,18,21)(H,19,22,23);1H. The Morgan fingerprint density at radius 3 is 2.83 bits per heavy atom. The quantitative estimate of drug-likeness (QED) is 0.724. The molecule has 7 nitrogen and oxygen atoms in total. The lowest BCUT2D eigenvalue weighted by atomic mass is 10.2. The molecule has 0 bridgehead atoms. The summed E-state index contributed by atoms with van der Waals surface area (Å²) in [5.41, 5.74) is -0.343. The summed E-state index contributed by atoms with van der Waals surface area (Å²) < 4.78 is 1.43. The fourth-order valence-electron chi connectivity index (χ4n) is 2.93. The highest BCUT2D eigenvalue weighted by Crippen LogP contribution is 2.07. The monoisotopic (exact) mass is 352 g/mol. The molecule has 2 heterocycles. The van der Waals surface area contributed by atoms with Crippen molar-refractivity contribution in [3.63, 3.8) is 0 Å². The van der Waals surface area contributed by atoms with Gasteiger partial charge in [-0.1, -0.05) is 12.1 Å². The number of amides is 1. The van der Waals surface area contributed by atoms with Crippen molar-refractivity contribution in [3.05, 3.63) is 45.1 Å². The summed E-state index contributed by atoms with van der Waals surface area (Å²) in [4.78, 5) is 38.0. The number of nitrogens with zero attached hydrogens (tertiary/aromatic N) is 1. The van der Waals surface area contributed by atoms with Crippen molar-refractivity contribution in [2.45, 2.75) is 31.8 Å². The maximum Gasteiger partial charge on any atom is 0.328 e. The minimum atomic E-state index is -0.487. The van der Waals surface area contributed by atoms with Crippen molar-refractivity contribution in [1.29, 1.82) is 0 Å². The molecule has 1 amide bonds. The second kappa shape index (κ2) is 8.12. The molecule has 0 aliphatic carbocycles. The number of carbonyl (C=O) groups excluding carboxylic acids is 1. The second-order valence-electron chi connectivity index (χ2n) is 5.78. The Morgan fingerprint density at radius 2 is 2.08 bits per heavy atom. The van der Waals surface area contributed by atoms with Crippen molar-refractivity contribution in [2.24, 2.45) is 0 Å². The van der Waals surface area contributed by atoms with Gasteiger partial charge in [0.2, 0.25) is 5.91 Å². The molecule has 1 aromatic heterocycles. The number of halogens is 1. The lowest BCUT2D eigenvalue weighted by Crippen LogP contribution is -2.38. The van der Waals surface area contributed by atoms with Gasteiger partial charge in [0.1, 0.15) is 0 Å². The van der Waals surface area contributed by atoms with Crippen LogP contribution in [0.5, 0.6) is 0 Å². The Bertz CT molecular complexity index is 824. The van der Waals surface area contributed by atoms with Gasteiger partial charge >= 0.3 is 5.69 Å². The van der Waals surface area contributed by atoms with Gasteiger partial charge in [0, 0.05) is 25.6 Å². The first-order valence-electron chi connectivity index (χ1n) is 7.87. The molecule has 1 atom stereocenters. The molecule has 130 valence electrons. The number of nitrogens with one attached hydrogen (secondary N) is 3. The van der Waals surface area contributed by atoms with Gasteiger partial charge in [-0.15, -0.1) is 12.4 Å². The van der Waals surface area contributed by atoms with Crippen LogP contribution in [0, 0.1) is 0 Å². The number of hydrogen-bond acceptors (Lipinski definition) is 4. The number of H-pyrrole nitrogens is 1. The summed E-state index contributed by atoms with van der Waals surface area (Å²) >= 11 is 0. The fourth-order valence-corrected chi connectivity index (χ4v) is 2.93. The predicted octanol–water partition coefficient (Wildman–Crippen LogP) is 0.370. The topological polar surface area (TPSA) is 96.0 Å². The highest BCUT2D eigenvalue weighted by molar-refractivity contribution is 5.85. The molecule has 3 rings (SSSR count). The minimum Gasteiger partial charge on any atom is -0.354 e. The first-order chi connectivity index (χ1) is 11.1. The van der Waals surface area contributed by atoms with E-state index in [1.807, 2.05) is 0 Å². The largest absolute Gasteiger partial charge is 0.354 e. The Morgan fingerprint density at radius 1 is 1.29 bits per heavy atom. The summed E-state index contributed by atoms with van der Waals surface area (Å²) in [5.74, 6) is -0.0964. The summed E-state index contributed by atoms with van der Waals surface area (Å²) in [6, 6.07) is 7.23. The maximum atomic E-state index is 12.0. The minimum absolute atomic E-state index is 0. The molecule has 8 heteroatoms. The first-order valence-corrected chi connectivity index (χ1v) is 7.87. The fraction of sp³-hybridized carbons (Fsp3) is 0.438. The van der Waals surface area contributed by atoms with E-state index in [2.05, 4.69) is 15.6 Å². The average Bonchev–Trinajstić information content (AvgIpc) is 3.06. The summed E-state index contributed by atoms with van der Waals surface area (Å²) in [6.45, 7) is 1.85. The Kier molecular flexibility index (Phi) is 6.16. The van der Waals surface area contributed by atoms with Gasteiger partial charge in [0.25, 0.3) is 5.56 Å². The third-order valence-electron chi connectivity index (χ3n) is 4.18. The predicted molar refractivity (Wildman–Crippen MR) is 94.7 cm³/mol. The van der Waals surface area contributed by atoms with E-state index in [0.29, 0.717) is 23.5 Å². The van der Waals surface area contributed by atoms with Gasteiger partial charge in [-0.2, -0.15) is 0 Å². The smallest absolute Gasteiger partial charge is 0.328 e. The number of aromatic nitrogens is 2. The molecule has 0 radical (unpaired) electrons. The number of carbonyl (C=O) groups is 1. The van der Waals surface area contributed by atoms with Crippen molar-refractivity contribution in [3.8, 4) is 0 Å². The second-order valence-corrected chi connectivity index (χ2v) is 5.78. The number of hydrogen-bond donors (Lipinski definition) is 3. The molecule has 1 aliphatic rings. The molecule has 1 aliphatic heterocycles. The number of fused-ring (bicyclic) bond motifs is 1.